The van der Waals surface area contributed by atoms with Gasteiger partial charge in [-0.25, -0.2) is 15.0 Å². The summed E-state index contributed by atoms with van der Waals surface area (Å²) in [5, 5.41) is 0. The third-order valence-corrected chi connectivity index (χ3v) is 3.35. The molecule has 1 N–H and O–H groups in total. The highest BCUT2D eigenvalue weighted by Crippen LogP contribution is 2.26. The number of aliphatic imine (C=N–C) groups is 2. The first-order valence-electron chi connectivity index (χ1n) is 6.61. The van der Waals surface area contributed by atoms with Gasteiger partial charge in [0.05, 0.1) is 31.9 Å². The summed E-state index contributed by atoms with van der Waals surface area (Å²) in [7, 11) is 3.14. The third kappa shape index (κ3) is 3.04. The zero-order chi connectivity index (χ0) is 15.5. The van der Waals surface area contributed by atoms with Gasteiger partial charge in [-0.1, -0.05) is 19.9 Å². The number of aromatic amines is 1. The summed E-state index contributed by atoms with van der Waals surface area (Å²) in [5.41, 5.74) is 2.10. The van der Waals surface area contributed by atoms with E-state index in [0.717, 1.165) is 11.4 Å². The summed E-state index contributed by atoms with van der Waals surface area (Å²) in [6.45, 7) is 8.37. The summed E-state index contributed by atoms with van der Waals surface area (Å²) < 4.78 is 10.4. The molecule has 0 radical (unpaired) electrons. The van der Waals surface area contributed by atoms with Crippen molar-refractivity contribution in [2.24, 2.45) is 9.98 Å². The lowest BCUT2D eigenvalue weighted by atomic mass is 9.88. The number of imidazole rings is 1. The van der Waals surface area contributed by atoms with Crippen LogP contribution in [-0.4, -0.2) is 42.5 Å². The summed E-state index contributed by atoms with van der Waals surface area (Å²) in [4.78, 5) is 16.2. The van der Waals surface area contributed by atoms with E-state index >= 15 is 0 Å². The molecule has 0 spiro atoms. The number of allylic oxidation sites excluding steroid dienone is 1. The monoisotopic (exact) mass is 288 g/mol. The second-order valence-corrected chi connectivity index (χ2v) is 5.15. The lowest BCUT2D eigenvalue weighted by Gasteiger charge is -2.19. The Balaban J connectivity index is 2.45. The number of nitrogens with one attached hydrogen (secondary N) is 1. The Bertz CT molecular complexity index is 623. The van der Waals surface area contributed by atoms with E-state index in [4.69, 9.17) is 9.47 Å². The third-order valence-electron chi connectivity index (χ3n) is 3.35. The number of hydrogen-bond donors (Lipinski definition) is 1. The Morgan fingerprint density at radius 3 is 2.71 bits per heavy atom. The van der Waals surface area contributed by atoms with Crippen molar-refractivity contribution in [1.82, 2.24) is 9.97 Å². The van der Waals surface area contributed by atoms with Crippen LogP contribution in [-0.2, 0) is 14.9 Å². The van der Waals surface area contributed by atoms with Gasteiger partial charge in [0.2, 0.25) is 11.8 Å². The predicted octanol–water partition coefficient (Wildman–Crippen LogP) is 2.32. The van der Waals surface area contributed by atoms with Crippen LogP contribution in [0.4, 0.5) is 0 Å². The minimum Gasteiger partial charge on any atom is -0.483 e. The lowest BCUT2D eigenvalue weighted by molar-refractivity contribution is 0.381. The fourth-order valence-electron chi connectivity index (χ4n) is 1.97. The Morgan fingerprint density at radius 2 is 2.10 bits per heavy atom. The fourth-order valence-corrected chi connectivity index (χ4v) is 1.97. The highest BCUT2D eigenvalue weighted by Gasteiger charge is 2.23. The number of nitrogens with zero attached hydrogens (tertiary/aromatic N) is 3. The van der Waals surface area contributed by atoms with E-state index in [1.165, 1.54) is 0 Å². The maximum Gasteiger partial charge on any atom is 0.235 e. The van der Waals surface area contributed by atoms with Gasteiger partial charge < -0.3 is 14.5 Å². The van der Waals surface area contributed by atoms with E-state index in [9.17, 15) is 0 Å². The van der Waals surface area contributed by atoms with E-state index in [1.54, 1.807) is 20.5 Å². The fraction of sp³-hybridized carbons (Fsp3) is 0.400. The summed E-state index contributed by atoms with van der Waals surface area (Å²) in [5.74, 6) is 1.02. The molecule has 0 fully saturated rings. The maximum absolute atomic E-state index is 5.26. The lowest BCUT2D eigenvalue weighted by Crippen LogP contribution is -2.19. The highest BCUT2D eigenvalue weighted by molar-refractivity contribution is 6.03. The molecule has 1 aromatic heterocycles. The van der Waals surface area contributed by atoms with Crippen molar-refractivity contribution in [3.63, 3.8) is 0 Å². The number of methoxy groups -OCH3 is 2. The molecule has 21 heavy (non-hydrogen) atoms. The van der Waals surface area contributed by atoms with Gasteiger partial charge in [0.15, 0.2) is 0 Å². The van der Waals surface area contributed by atoms with Crippen LogP contribution < -0.4 is 0 Å². The van der Waals surface area contributed by atoms with E-state index in [0.29, 0.717) is 24.0 Å². The molecular formula is C15H20N4O2. The van der Waals surface area contributed by atoms with Crippen molar-refractivity contribution in [3.05, 3.63) is 36.1 Å². The minimum atomic E-state index is -0.226. The second kappa shape index (κ2) is 5.95. The number of ether oxygens (including phenoxy) is 2. The van der Waals surface area contributed by atoms with Crippen molar-refractivity contribution in [3.8, 4) is 0 Å². The molecule has 0 aliphatic carbocycles. The van der Waals surface area contributed by atoms with Gasteiger partial charge in [-0.3, -0.25) is 0 Å². The highest BCUT2D eigenvalue weighted by atomic mass is 16.5. The van der Waals surface area contributed by atoms with Crippen LogP contribution in [0, 0.1) is 0 Å². The first kappa shape index (κ1) is 15.0. The second-order valence-electron chi connectivity index (χ2n) is 5.15. The zero-order valence-corrected chi connectivity index (χ0v) is 12.8. The topological polar surface area (TPSA) is 71.9 Å². The van der Waals surface area contributed by atoms with Gasteiger partial charge in [-0.05, 0) is 6.08 Å². The molecule has 0 unspecified atom stereocenters. The SMILES string of the molecule is C=CC(C)(C)c1[nH]cnc1/C=C1\N=C(OC)CN=C1OC. The molecule has 0 bridgehead atoms. The van der Waals surface area contributed by atoms with E-state index < -0.39 is 0 Å². The molecule has 112 valence electrons. The van der Waals surface area contributed by atoms with Gasteiger partial charge in [0, 0.05) is 5.41 Å². The van der Waals surface area contributed by atoms with Crippen molar-refractivity contribution in [1.29, 1.82) is 0 Å². The Morgan fingerprint density at radius 1 is 1.33 bits per heavy atom. The molecular weight excluding hydrogens is 268 g/mol. The van der Waals surface area contributed by atoms with Crippen molar-refractivity contribution >= 4 is 17.9 Å². The summed E-state index contributed by atoms with van der Waals surface area (Å²) in [6, 6.07) is 0. The van der Waals surface area contributed by atoms with Crippen molar-refractivity contribution in [2.45, 2.75) is 19.3 Å². The number of rotatable bonds is 3. The first-order chi connectivity index (χ1) is 10.0. The molecule has 1 aliphatic heterocycles. The van der Waals surface area contributed by atoms with E-state index in [1.807, 2.05) is 12.2 Å². The largest absolute Gasteiger partial charge is 0.483 e. The van der Waals surface area contributed by atoms with E-state index in [-0.39, 0.29) is 5.41 Å². The Kier molecular flexibility index (Phi) is 4.26. The Labute approximate surface area is 124 Å². The average Bonchev–Trinajstić information content (AvgIpc) is 2.96. The van der Waals surface area contributed by atoms with Gasteiger partial charge in [-0.2, -0.15) is 0 Å². The van der Waals surface area contributed by atoms with Gasteiger partial charge in [0.1, 0.15) is 12.2 Å². The first-order valence-corrected chi connectivity index (χ1v) is 6.61. The Hall–Kier alpha value is -2.37. The number of hydrogen-bond acceptors (Lipinski definition) is 5. The van der Waals surface area contributed by atoms with Gasteiger partial charge in [0.25, 0.3) is 0 Å². The molecule has 2 heterocycles. The van der Waals surface area contributed by atoms with Crippen LogP contribution in [0.3, 0.4) is 0 Å². The molecule has 0 saturated carbocycles. The molecule has 0 amide bonds. The quantitative estimate of drug-likeness (QED) is 0.868. The van der Waals surface area contributed by atoms with Crippen LogP contribution in [0.15, 0.2) is 34.7 Å². The summed E-state index contributed by atoms with van der Waals surface area (Å²) >= 11 is 0. The van der Waals surface area contributed by atoms with Crippen LogP contribution in [0.1, 0.15) is 25.2 Å². The zero-order valence-electron chi connectivity index (χ0n) is 12.8. The van der Waals surface area contributed by atoms with Gasteiger partial charge in [-0.15, -0.1) is 6.58 Å². The molecule has 0 aromatic carbocycles. The normalized spacial score (nSPS) is 17.2. The average molecular weight is 288 g/mol. The molecule has 1 aliphatic rings. The molecule has 0 saturated heterocycles. The number of aromatic nitrogens is 2. The molecule has 2 rings (SSSR count). The molecule has 6 heteroatoms. The van der Waals surface area contributed by atoms with Crippen LogP contribution in [0.5, 0.6) is 0 Å². The van der Waals surface area contributed by atoms with Crippen LogP contribution in [0.25, 0.3) is 6.08 Å². The molecule has 0 atom stereocenters. The smallest absolute Gasteiger partial charge is 0.235 e. The van der Waals surface area contributed by atoms with Crippen molar-refractivity contribution in [2.75, 3.05) is 20.8 Å². The van der Waals surface area contributed by atoms with E-state index in [2.05, 4.69) is 40.4 Å². The summed E-state index contributed by atoms with van der Waals surface area (Å²) in [6.07, 6.45) is 5.36. The van der Waals surface area contributed by atoms with Crippen molar-refractivity contribution < 1.29 is 9.47 Å². The predicted molar refractivity (Wildman–Crippen MR) is 83.5 cm³/mol. The molecule has 6 nitrogen and oxygen atoms in total. The van der Waals surface area contributed by atoms with Crippen LogP contribution >= 0.6 is 0 Å². The van der Waals surface area contributed by atoms with Crippen LogP contribution in [0.2, 0.25) is 0 Å². The molecule has 1 aromatic rings. The minimum absolute atomic E-state index is 0.226. The van der Waals surface area contributed by atoms with Gasteiger partial charge >= 0.3 is 0 Å². The standard InChI is InChI=1S/C15H20N4O2/c1-6-15(2,3)13-10(17-9-18-13)7-11-14(21-5)16-8-12(19-11)20-4/h6-7,9H,1,8H2,2-5H3,(H,17,18)/b11-7-. The maximum atomic E-state index is 5.26. The number of H-pyrrole nitrogens is 1.